The average molecular weight is 251 g/mol. The fourth-order valence-electron chi connectivity index (χ4n) is 2.03. The number of nitrogens with zero attached hydrogens (tertiary/aromatic N) is 1. The van der Waals surface area contributed by atoms with Crippen LogP contribution in [0, 0.1) is 5.92 Å². The summed E-state index contributed by atoms with van der Waals surface area (Å²) in [6, 6.07) is 0. The minimum absolute atomic E-state index is 0.470. The molecular weight excluding hydrogens is 226 g/mol. The maximum Gasteiger partial charge on any atom is 0.0957 e. The van der Waals surface area contributed by atoms with Crippen molar-refractivity contribution < 1.29 is 17.5 Å². The van der Waals surface area contributed by atoms with Crippen molar-refractivity contribution in [3.05, 3.63) is 0 Å². The molecule has 98 valence electrons. The number of likely N-dealkylation sites (tertiary alicyclic amines) is 1. The minimum atomic E-state index is -3.92. The molecule has 4 nitrogen and oxygen atoms in total. The third-order valence-electron chi connectivity index (χ3n) is 4.12. The summed E-state index contributed by atoms with van der Waals surface area (Å²) >= 11 is 0. The first-order valence-corrected chi connectivity index (χ1v) is 7.43. The monoisotopic (exact) mass is 251 g/mol. The number of rotatable bonds is 0. The quantitative estimate of drug-likeness (QED) is 0.483. The van der Waals surface area contributed by atoms with Crippen LogP contribution in [0.15, 0.2) is 0 Å². The van der Waals surface area contributed by atoms with E-state index in [2.05, 4.69) is 34.9 Å². The molecule has 1 aliphatic heterocycles. The predicted octanol–water partition coefficient (Wildman–Crippen LogP) is 1.43. The van der Waals surface area contributed by atoms with Crippen LogP contribution in [0.25, 0.3) is 0 Å². The number of hydrogen-bond acceptors (Lipinski definition) is 3. The van der Waals surface area contributed by atoms with E-state index in [9.17, 15) is 0 Å². The van der Waals surface area contributed by atoms with E-state index < -0.39 is 10.1 Å². The van der Waals surface area contributed by atoms with Crippen molar-refractivity contribution >= 4 is 10.1 Å². The second kappa shape index (κ2) is 5.02. The minimum Gasteiger partial charge on any atom is -0.748 e. The Hall–Kier alpha value is -0.130. The van der Waals surface area contributed by atoms with Gasteiger partial charge in [-0.3, -0.25) is 0 Å². The molecule has 5 heteroatoms. The van der Waals surface area contributed by atoms with E-state index in [1.54, 1.807) is 0 Å². The van der Waals surface area contributed by atoms with Gasteiger partial charge in [0.1, 0.15) is 0 Å². The van der Waals surface area contributed by atoms with Crippen molar-refractivity contribution in [2.45, 2.75) is 39.2 Å². The Labute approximate surface area is 100.0 Å². The molecule has 1 rings (SSSR count). The topological polar surface area (TPSA) is 57.2 Å². The highest BCUT2D eigenvalue weighted by Crippen LogP contribution is 2.36. The number of hydrogen-bond donors (Lipinski definition) is 0. The molecule has 1 fully saturated rings. The molecule has 0 aliphatic carbocycles. The molecule has 0 aromatic heterocycles. The van der Waals surface area contributed by atoms with E-state index in [0.29, 0.717) is 11.8 Å². The van der Waals surface area contributed by atoms with Gasteiger partial charge in [-0.25, -0.2) is 8.42 Å². The first-order chi connectivity index (χ1) is 6.88. The molecule has 1 unspecified atom stereocenters. The van der Waals surface area contributed by atoms with Crippen LogP contribution in [0.4, 0.5) is 0 Å². The van der Waals surface area contributed by atoms with Crippen LogP contribution in [0.1, 0.15) is 33.6 Å². The fourth-order valence-corrected chi connectivity index (χ4v) is 2.03. The van der Waals surface area contributed by atoms with E-state index in [1.165, 1.54) is 23.9 Å². The standard InChI is InChI=1S/C10H22N.CH4O3S/c1-9-7-6-8-11(4,5)10(9,2)3;1-5(2,3)4/h9H,6-8H2,1-5H3;1H3,(H,2,3,4)/q+1;/p-1. The van der Waals surface area contributed by atoms with Crippen molar-refractivity contribution in [3.8, 4) is 0 Å². The molecule has 0 radical (unpaired) electrons. The highest BCUT2D eigenvalue weighted by Gasteiger charge is 2.43. The lowest BCUT2D eigenvalue weighted by molar-refractivity contribution is -0.947. The molecule has 1 saturated heterocycles. The molecule has 0 bridgehead atoms. The second-order valence-corrected chi connectivity index (χ2v) is 7.22. The highest BCUT2D eigenvalue weighted by molar-refractivity contribution is 7.84. The predicted molar refractivity (Wildman–Crippen MR) is 65.1 cm³/mol. The summed E-state index contributed by atoms with van der Waals surface area (Å²) in [4.78, 5) is 0. The summed E-state index contributed by atoms with van der Waals surface area (Å²) in [6.45, 7) is 8.53. The molecule has 1 aliphatic rings. The third kappa shape index (κ3) is 4.80. The van der Waals surface area contributed by atoms with Crippen LogP contribution in [0.3, 0.4) is 0 Å². The lowest BCUT2D eigenvalue weighted by atomic mass is 9.79. The summed E-state index contributed by atoms with van der Waals surface area (Å²) < 4.78 is 28.4. The lowest BCUT2D eigenvalue weighted by Gasteiger charge is -2.51. The first-order valence-electron chi connectivity index (χ1n) is 5.62. The van der Waals surface area contributed by atoms with Crippen molar-refractivity contribution in [1.29, 1.82) is 0 Å². The summed E-state index contributed by atoms with van der Waals surface area (Å²) in [6.07, 6.45) is 3.42. The Morgan fingerprint density at radius 3 is 1.94 bits per heavy atom. The van der Waals surface area contributed by atoms with Crippen LogP contribution in [-0.2, 0) is 10.1 Å². The number of piperidine rings is 1. The SMILES string of the molecule is CC1CCC[N+](C)(C)C1(C)C.CS(=O)(=O)[O-]. The smallest absolute Gasteiger partial charge is 0.0957 e. The van der Waals surface area contributed by atoms with E-state index >= 15 is 0 Å². The van der Waals surface area contributed by atoms with Gasteiger partial charge in [-0.2, -0.15) is 0 Å². The molecule has 0 amide bonds. The molecular formula is C11H25NO3S. The van der Waals surface area contributed by atoms with Gasteiger partial charge < -0.3 is 9.04 Å². The van der Waals surface area contributed by atoms with Crippen LogP contribution in [0.2, 0.25) is 0 Å². The van der Waals surface area contributed by atoms with Gasteiger partial charge in [0.25, 0.3) is 0 Å². The van der Waals surface area contributed by atoms with E-state index in [0.717, 1.165) is 5.92 Å². The van der Waals surface area contributed by atoms with Gasteiger partial charge in [0.05, 0.1) is 36.3 Å². The average Bonchev–Trinajstić information content (AvgIpc) is 1.97. The molecule has 0 N–H and O–H groups in total. The van der Waals surface area contributed by atoms with Gasteiger partial charge in [0.2, 0.25) is 0 Å². The lowest BCUT2D eigenvalue weighted by Crippen LogP contribution is -2.62. The first kappa shape index (κ1) is 15.9. The van der Waals surface area contributed by atoms with Crippen molar-refractivity contribution in [2.75, 3.05) is 26.9 Å². The van der Waals surface area contributed by atoms with Gasteiger partial charge in [-0.1, -0.05) is 6.92 Å². The molecule has 0 aromatic rings. The normalized spacial score (nSPS) is 27.8. The zero-order valence-corrected chi connectivity index (χ0v) is 12.1. The maximum atomic E-state index is 9.08. The maximum absolute atomic E-state index is 9.08. The van der Waals surface area contributed by atoms with Gasteiger partial charge in [0, 0.05) is 12.2 Å². The Kier molecular flexibility index (Phi) is 4.98. The van der Waals surface area contributed by atoms with Crippen LogP contribution < -0.4 is 0 Å². The van der Waals surface area contributed by atoms with Gasteiger partial charge in [-0.15, -0.1) is 0 Å². The highest BCUT2D eigenvalue weighted by atomic mass is 32.2. The summed E-state index contributed by atoms with van der Waals surface area (Å²) in [5.41, 5.74) is 0.470. The van der Waals surface area contributed by atoms with Crippen molar-refractivity contribution in [1.82, 2.24) is 0 Å². The zero-order chi connectivity index (χ0) is 13.2. The van der Waals surface area contributed by atoms with E-state index in [-0.39, 0.29) is 0 Å². The van der Waals surface area contributed by atoms with Crippen LogP contribution >= 0.6 is 0 Å². The molecule has 1 heterocycles. The van der Waals surface area contributed by atoms with Crippen molar-refractivity contribution in [3.63, 3.8) is 0 Å². The third-order valence-corrected chi connectivity index (χ3v) is 4.12. The van der Waals surface area contributed by atoms with E-state index in [4.69, 9.17) is 13.0 Å². The Balaban J connectivity index is 0.000000385. The summed E-state index contributed by atoms with van der Waals surface area (Å²) in [7, 11) is 0.797. The number of quaternary nitrogens is 1. The fraction of sp³-hybridized carbons (Fsp3) is 1.00. The summed E-state index contributed by atoms with van der Waals surface area (Å²) in [5.74, 6) is 0.867. The Morgan fingerprint density at radius 1 is 1.31 bits per heavy atom. The molecule has 1 atom stereocenters. The van der Waals surface area contributed by atoms with Gasteiger partial charge >= 0.3 is 0 Å². The largest absolute Gasteiger partial charge is 0.748 e. The molecule has 0 aromatic carbocycles. The molecule has 0 spiro atoms. The Bertz CT molecular complexity index is 312. The van der Waals surface area contributed by atoms with E-state index in [1.807, 2.05) is 0 Å². The zero-order valence-electron chi connectivity index (χ0n) is 11.3. The van der Waals surface area contributed by atoms with Crippen LogP contribution in [-0.4, -0.2) is 49.9 Å². The van der Waals surface area contributed by atoms with Gasteiger partial charge in [-0.05, 0) is 26.7 Å². The second-order valence-electron chi connectivity index (χ2n) is 5.81. The summed E-state index contributed by atoms with van der Waals surface area (Å²) in [5, 5.41) is 0. The molecule has 16 heavy (non-hydrogen) atoms. The van der Waals surface area contributed by atoms with Crippen LogP contribution in [0.5, 0.6) is 0 Å². The van der Waals surface area contributed by atoms with Gasteiger partial charge in [0.15, 0.2) is 0 Å². The van der Waals surface area contributed by atoms with Crippen molar-refractivity contribution in [2.24, 2.45) is 5.92 Å². The molecule has 0 saturated carbocycles. The Morgan fingerprint density at radius 2 is 1.69 bits per heavy atom.